The number of aliphatic carboxylic acids is 1. The summed E-state index contributed by atoms with van der Waals surface area (Å²) in [5.41, 5.74) is 2.71. The van der Waals surface area contributed by atoms with Gasteiger partial charge >= 0.3 is 12.1 Å². The first-order valence-electron chi connectivity index (χ1n) is 11.8. The van der Waals surface area contributed by atoms with E-state index < -0.39 is 42.4 Å². The molecule has 184 valence electrons. The number of amides is 2. The fraction of sp³-hybridized carbons (Fsp3) is 0.423. The lowest BCUT2D eigenvalue weighted by Crippen LogP contribution is -2.57. The van der Waals surface area contributed by atoms with Crippen LogP contribution in [-0.4, -0.2) is 58.6 Å². The van der Waals surface area contributed by atoms with Crippen LogP contribution in [0.5, 0.6) is 0 Å². The number of rotatable bonds is 7. The number of benzene rings is 2. The summed E-state index contributed by atoms with van der Waals surface area (Å²) in [7, 11) is 0. The lowest BCUT2D eigenvalue weighted by atomic mass is 9.88. The Bertz CT molecular complexity index is 1120. The SMILES string of the molecule is O=C(NC(CC(F)F)C(=O)N1C2CCC1(C(=O)O)CC2)OCC1c2ccccc2-c2ccccc21. The topological polar surface area (TPSA) is 95.9 Å². The summed E-state index contributed by atoms with van der Waals surface area (Å²) >= 11 is 0. The maximum absolute atomic E-state index is 13.3. The first kappa shape index (κ1) is 23.3. The number of carbonyl (C=O) groups excluding carboxylic acids is 2. The van der Waals surface area contributed by atoms with E-state index >= 15 is 0 Å². The zero-order chi connectivity index (χ0) is 24.7. The largest absolute Gasteiger partial charge is 0.479 e. The van der Waals surface area contributed by atoms with Gasteiger partial charge in [0, 0.05) is 18.4 Å². The third-order valence-corrected chi connectivity index (χ3v) is 7.59. The van der Waals surface area contributed by atoms with Gasteiger partial charge in [-0.15, -0.1) is 0 Å². The van der Waals surface area contributed by atoms with Crippen LogP contribution in [0.4, 0.5) is 13.6 Å². The van der Waals surface area contributed by atoms with E-state index in [0.717, 1.165) is 22.3 Å². The van der Waals surface area contributed by atoms with Crippen molar-refractivity contribution in [3.63, 3.8) is 0 Å². The van der Waals surface area contributed by atoms with Crippen molar-refractivity contribution in [3.8, 4) is 11.1 Å². The normalized spacial score (nSPS) is 23.2. The van der Waals surface area contributed by atoms with Crippen LogP contribution in [0.15, 0.2) is 48.5 Å². The Balaban J connectivity index is 1.30. The van der Waals surface area contributed by atoms with Crippen molar-refractivity contribution in [2.75, 3.05) is 6.61 Å². The zero-order valence-corrected chi connectivity index (χ0v) is 19.0. The van der Waals surface area contributed by atoms with E-state index in [1.165, 1.54) is 4.90 Å². The van der Waals surface area contributed by atoms with E-state index in [2.05, 4.69) is 5.32 Å². The Kier molecular flexibility index (Phi) is 5.94. The van der Waals surface area contributed by atoms with Gasteiger partial charge in [-0.25, -0.2) is 18.4 Å². The summed E-state index contributed by atoms with van der Waals surface area (Å²) < 4.78 is 32.1. The van der Waals surface area contributed by atoms with Crippen molar-refractivity contribution in [1.82, 2.24) is 10.2 Å². The number of fused-ring (bicyclic) bond motifs is 5. The summed E-state index contributed by atoms with van der Waals surface area (Å²) in [6.45, 7) is -0.0269. The van der Waals surface area contributed by atoms with Gasteiger partial charge in [-0.3, -0.25) is 4.79 Å². The highest BCUT2D eigenvalue weighted by Gasteiger charge is 2.59. The molecule has 2 fully saturated rings. The molecule has 7 nitrogen and oxygen atoms in total. The van der Waals surface area contributed by atoms with Crippen molar-refractivity contribution >= 4 is 18.0 Å². The Morgan fingerprint density at radius 3 is 2.14 bits per heavy atom. The second-order valence-electron chi connectivity index (χ2n) is 9.43. The van der Waals surface area contributed by atoms with Gasteiger partial charge < -0.3 is 20.1 Å². The Morgan fingerprint density at radius 2 is 1.60 bits per heavy atom. The lowest BCUT2D eigenvalue weighted by molar-refractivity contribution is -0.156. The number of carboxylic acids is 1. The average molecular weight is 484 g/mol. The molecule has 1 aliphatic carbocycles. The maximum Gasteiger partial charge on any atom is 0.407 e. The molecule has 5 rings (SSSR count). The summed E-state index contributed by atoms with van der Waals surface area (Å²) in [6, 6.07) is 13.7. The van der Waals surface area contributed by atoms with Crippen molar-refractivity contribution in [2.24, 2.45) is 0 Å². The Labute approximate surface area is 201 Å². The molecule has 0 saturated carbocycles. The van der Waals surface area contributed by atoms with Crippen molar-refractivity contribution in [1.29, 1.82) is 0 Å². The average Bonchev–Trinajstić information content (AvgIpc) is 3.50. The minimum Gasteiger partial charge on any atom is -0.479 e. The molecule has 0 radical (unpaired) electrons. The highest BCUT2D eigenvalue weighted by molar-refractivity contribution is 5.93. The van der Waals surface area contributed by atoms with E-state index in [-0.39, 0.29) is 31.4 Å². The van der Waals surface area contributed by atoms with Gasteiger partial charge in [0.25, 0.3) is 0 Å². The molecule has 2 aliphatic heterocycles. The number of carbonyl (C=O) groups is 3. The molecule has 2 aromatic carbocycles. The predicted octanol–water partition coefficient (Wildman–Crippen LogP) is 4.16. The van der Waals surface area contributed by atoms with Crippen molar-refractivity contribution in [2.45, 2.75) is 62.1 Å². The fourth-order valence-corrected chi connectivity index (χ4v) is 5.99. The molecule has 9 heteroatoms. The van der Waals surface area contributed by atoms with Gasteiger partial charge in [-0.1, -0.05) is 48.5 Å². The van der Waals surface area contributed by atoms with Crippen LogP contribution in [0, 0.1) is 0 Å². The fourth-order valence-electron chi connectivity index (χ4n) is 5.99. The van der Waals surface area contributed by atoms with E-state index in [4.69, 9.17) is 4.74 Å². The molecule has 2 amide bonds. The molecule has 2 N–H and O–H groups in total. The van der Waals surface area contributed by atoms with Gasteiger partial charge in [0.15, 0.2) is 0 Å². The highest BCUT2D eigenvalue weighted by atomic mass is 19.3. The zero-order valence-electron chi connectivity index (χ0n) is 19.0. The molecule has 2 aromatic rings. The number of nitrogens with zero attached hydrogens (tertiary/aromatic N) is 1. The van der Waals surface area contributed by atoms with Gasteiger partial charge in [0.05, 0.1) is 0 Å². The Hall–Kier alpha value is -3.49. The van der Waals surface area contributed by atoms with Gasteiger partial charge in [0.2, 0.25) is 12.3 Å². The van der Waals surface area contributed by atoms with Crippen LogP contribution in [0.1, 0.15) is 49.1 Å². The number of alkyl carbamates (subject to hydrolysis) is 1. The van der Waals surface area contributed by atoms with E-state index in [1.807, 2.05) is 48.5 Å². The minimum absolute atomic E-state index is 0.0269. The first-order chi connectivity index (χ1) is 16.8. The molecule has 35 heavy (non-hydrogen) atoms. The molecule has 2 bridgehead atoms. The van der Waals surface area contributed by atoms with Crippen LogP contribution in [0.25, 0.3) is 11.1 Å². The quantitative estimate of drug-likeness (QED) is 0.616. The van der Waals surface area contributed by atoms with E-state index in [0.29, 0.717) is 12.8 Å². The van der Waals surface area contributed by atoms with E-state index in [9.17, 15) is 28.3 Å². The molecule has 3 aliphatic rings. The third kappa shape index (κ3) is 3.92. The third-order valence-electron chi connectivity index (χ3n) is 7.59. The summed E-state index contributed by atoms with van der Waals surface area (Å²) in [5, 5.41) is 12.1. The standard InChI is InChI=1S/C26H26F2N2O5/c27-22(28)13-21(23(31)30-15-9-11-26(30,12-10-15)24(32)33)29-25(34)35-14-20-18-7-3-1-5-16(18)17-6-2-4-8-19(17)20/h1-8,15,20-22H,9-14H2,(H,29,34)(H,32,33). The highest BCUT2D eigenvalue weighted by Crippen LogP contribution is 2.47. The minimum atomic E-state index is -2.86. The number of halogens is 2. The number of nitrogens with one attached hydrogen (secondary N) is 1. The number of hydrogen-bond acceptors (Lipinski definition) is 4. The van der Waals surface area contributed by atoms with Gasteiger partial charge in [-0.2, -0.15) is 0 Å². The molecule has 1 atom stereocenters. The molecule has 2 saturated heterocycles. The molecular weight excluding hydrogens is 458 g/mol. The van der Waals surface area contributed by atoms with Crippen LogP contribution in [0.3, 0.4) is 0 Å². The number of hydrogen-bond donors (Lipinski definition) is 2. The first-order valence-corrected chi connectivity index (χ1v) is 11.8. The smallest absolute Gasteiger partial charge is 0.407 e. The second-order valence-corrected chi connectivity index (χ2v) is 9.43. The molecule has 0 aromatic heterocycles. The van der Waals surface area contributed by atoms with Gasteiger partial charge in [-0.05, 0) is 47.9 Å². The summed E-state index contributed by atoms with van der Waals surface area (Å²) in [5.74, 6) is -2.15. The van der Waals surface area contributed by atoms with Crippen LogP contribution in [0.2, 0.25) is 0 Å². The number of carboxylic acid groups (broad SMARTS) is 1. The van der Waals surface area contributed by atoms with Crippen molar-refractivity contribution < 1.29 is 33.0 Å². The van der Waals surface area contributed by atoms with Crippen LogP contribution >= 0.6 is 0 Å². The predicted molar refractivity (Wildman–Crippen MR) is 122 cm³/mol. The molecule has 0 spiro atoms. The van der Waals surface area contributed by atoms with Crippen LogP contribution < -0.4 is 5.32 Å². The molecule has 1 unspecified atom stereocenters. The van der Waals surface area contributed by atoms with E-state index in [1.54, 1.807) is 0 Å². The van der Waals surface area contributed by atoms with Crippen molar-refractivity contribution in [3.05, 3.63) is 59.7 Å². The number of alkyl halides is 2. The summed E-state index contributed by atoms with van der Waals surface area (Å²) in [6.07, 6.45) is -3.19. The molecular formula is C26H26F2N2O5. The monoisotopic (exact) mass is 484 g/mol. The van der Waals surface area contributed by atoms with Crippen LogP contribution in [-0.2, 0) is 14.3 Å². The summed E-state index contributed by atoms with van der Waals surface area (Å²) in [4.78, 5) is 39.1. The molecule has 2 heterocycles. The second kappa shape index (κ2) is 8.94. The lowest BCUT2D eigenvalue weighted by Gasteiger charge is -2.33. The number of ether oxygens (including phenoxy) is 1. The maximum atomic E-state index is 13.3. The van der Waals surface area contributed by atoms with Gasteiger partial charge in [0.1, 0.15) is 18.2 Å². The Morgan fingerprint density at radius 1 is 1.03 bits per heavy atom.